The van der Waals surface area contributed by atoms with Crippen LogP contribution in [0, 0.1) is 6.92 Å². The molecule has 0 bridgehead atoms. The molecule has 0 radical (unpaired) electrons. The van der Waals surface area contributed by atoms with Gasteiger partial charge in [0.15, 0.2) is 0 Å². The first-order valence-corrected chi connectivity index (χ1v) is 9.86. The summed E-state index contributed by atoms with van der Waals surface area (Å²) in [5, 5.41) is 12.8. The molecule has 26 heavy (non-hydrogen) atoms. The predicted octanol–water partition coefficient (Wildman–Crippen LogP) is 5.66. The van der Waals surface area contributed by atoms with Gasteiger partial charge in [-0.05, 0) is 43.4 Å². The van der Waals surface area contributed by atoms with E-state index in [1.165, 1.54) is 33.3 Å². The van der Waals surface area contributed by atoms with Crippen molar-refractivity contribution in [3.8, 4) is 0 Å². The van der Waals surface area contributed by atoms with Gasteiger partial charge in [0.25, 0.3) is 0 Å². The van der Waals surface area contributed by atoms with E-state index in [1.807, 2.05) is 0 Å². The second-order valence-electron chi connectivity index (χ2n) is 7.94. The number of hydrogen-bond acceptors (Lipinski definition) is 1. The van der Waals surface area contributed by atoms with Crippen LogP contribution in [0.5, 0.6) is 0 Å². The summed E-state index contributed by atoms with van der Waals surface area (Å²) in [7, 11) is 2.18. The van der Waals surface area contributed by atoms with Crippen molar-refractivity contribution in [1.29, 1.82) is 0 Å². The number of rotatable bonds is 4. The third kappa shape index (κ3) is 2.43. The zero-order valence-electron chi connectivity index (χ0n) is 16.3. The van der Waals surface area contributed by atoms with Crippen molar-refractivity contribution in [2.45, 2.75) is 57.5 Å². The van der Waals surface area contributed by atoms with E-state index < -0.39 is 5.60 Å². The van der Waals surface area contributed by atoms with Crippen molar-refractivity contribution in [3.05, 3.63) is 70.9 Å². The number of aryl methyl sites for hydroxylation is 2. The third-order valence-corrected chi connectivity index (χ3v) is 6.70. The maximum absolute atomic E-state index is 11.4. The molecule has 2 heteroatoms. The van der Waals surface area contributed by atoms with Crippen LogP contribution in [-0.4, -0.2) is 15.3 Å². The molecule has 1 aliphatic rings. The molecule has 2 aromatic carbocycles. The minimum Gasteiger partial charge on any atom is -0.389 e. The average molecular weight is 348 g/mol. The summed E-state index contributed by atoms with van der Waals surface area (Å²) in [4.78, 5) is 0. The highest BCUT2D eigenvalue weighted by Crippen LogP contribution is 2.54. The smallest absolute Gasteiger partial charge is 0.0712 e. The van der Waals surface area contributed by atoms with E-state index in [0.29, 0.717) is 5.92 Å². The van der Waals surface area contributed by atoms with Gasteiger partial charge < -0.3 is 9.67 Å². The number of nitrogens with zero attached hydrogens (tertiary/aromatic N) is 1. The topological polar surface area (TPSA) is 25.2 Å². The highest BCUT2D eigenvalue weighted by Gasteiger charge is 2.45. The molecule has 1 heterocycles. The van der Waals surface area contributed by atoms with Gasteiger partial charge in [-0.1, -0.05) is 61.9 Å². The summed E-state index contributed by atoms with van der Waals surface area (Å²) in [6, 6.07) is 17.6. The Hall–Kier alpha value is -2.06. The van der Waals surface area contributed by atoms with Crippen molar-refractivity contribution in [2.75, 3.05) is 0 Å². The lowest BCUT2D eigenvalue weighted by molar-refractivity contribution is 0.00403. The molecule has 0 saturated heterocycles. The molecule has 0 aliphatic heterocycles. The molecule has 1 aromatic heterocycles. The quantitative estimate of drug-likeness (QED) is 0.647. The van der Waals surface area contributed by atoms with Crippen molar-refractivity contribution in [3.63, 3.8) is 0 Å². The van der Waals surface area contributed by atoms with Gasteiger partial charge in [-0.15, -0.1) is 0 Å². The molecule has 2 atom stereocenters. The molecule has 3 aromatic rings. The zero-order chi connectivity index (χ0) is 18.5. The van der Waals surface area contributed by atoms with Gasteiger partial charge in [0, 0.05) is 35.5 Å². The SMILES string of the molecule is CCC(O)(CC)C1CC(c2ccc(C)cc2)c2c1c1ccccc1n2C. The summed E-state index contributed by atoms with van der Waals surface area (Å²) >= 11 is 0. The van der Waals surface area contributed by atoms with Crippen LogP contribution in [0.25, 0.3) is 10.9 Å². The summed E-state index contributed by atoms with van der Waals surface area (Å²) < 4.78 is 2.36. The molecule has 0 fully saturated rings. The number of benzene rings is 2. The fourth-order valence-electron chi connectivity index (χ4n) is 5.02. The average Bonchev–Trinajstić information content (AvgIpc) is 3.20. The van der Waals surface area contributed by atoms with Crippen LogP contribution < -0.4 is 0 Å². The maximum atomic E-state index is 11.4. The second-order valence-corrected chi connectivity index (χ2v) is 7.94. The third-order valence-electron chi connectivity index (χ3n) is 6.70. The number of aromatic nitrogens is 1. The summed E-state index contributed by atoms with van der Waals surface area (Å²) in [5.41, 5.74) is 6.05. The number of fused-ring (bicyclic) bond motifs is 3. The fraction of sp³-hybridized carbons (Fsp3) is 0.417. The molecule has 136 valence electrons. The van der Waals surface area contributed by atoms with Gasteiger partial charge >= 0.3 is 0 Å². The molecular formula is C24H29NO. The largest absolute Gasteiger partial charge is 0.389 e. The van der Waals surface area contributed by atoms with Crippen molar-refractivity contribution in [1.82, 2.24) is 4.57 Å². The Morgan fingerprint density at radius 2 is 1.69 bits per heavy atom. The number of hydrogen-bond donors (Lipinski definition) is 1. The van der Waals surface area contributed by atoms with Gasteiger partial charge in [-0.25, -0.2) is 0 Å². The van der Waals surface area contributed by atoms with Gasteiger partial charge in [0.05, 0.1) is 5.60 Å². The molecule has 0 amide bonds. The lowest BCUT2D eigenvalue weighted by Crippen LogP contribution is -2.34. The van der Waals surface area contributed by atoms with E-state index in [9.17, 15) is 5.11 Å². The van der Waals surface area contributed by atoms with E-state index in [2.05, 4.69) is 80.9 Å². The van der Waals surface area contributed by atoms with Crippen LogP contribution >= 0.6 is 0 Å². The maximum Gasteiger partial charge on any atom is 0.0712 e. The standard InChI is InChI=1S/C24H29NO/c1-5-24(26,6-2)20-15-19(17-13-11-16(3)12-14-17)23-22(20)18-9-7-8-10-21(18)25(23)4/h7-14,19-20,26H,5-6,15H2,1-4H3. The first kappa shape index (κ1) is 17.4. The van der Waals surface area contributed by atoms with Crippen LogP contribution in [-0.2, 0) is 7.05 Å². The van der Waals surface area contributed by atoms with Crippen LogP contribution in [0.2, 0.25) is 0 Å². The lowest BCUT2D eigenvalue weighted by atomic mass is 9.78. The highest BCUT2D eigenvalue weighted by molar-refractivity contribution is 5.87. The van der Waals surface area contributed by atoms with E-state index >= 15 is 0 Å². The summed E-state index contributed by atoms with van der Waals surface area (Å²) in [5.74, 6) is 0.530. The molecule has 0 saturated carbocycles. The minimum atomic E-state index is -0.641. The Morgan fingerprint density at radius 1 is 1.04 bits per heavy atom. The van der Waals surface area contributed by atoms with Crippen molar-refractivity contribution >= 4 is 10.9 Å². The van der Waals surface area contributed by atoms with Gasteiger partial charge in [0.2, 0.25) is 0 Å². The number of para-hydroxylation sites is 1. The van der Waals surface area contributed by atoms with Gasteiger partial charge in [-0.3, -0.25) is 0 Å². The molecule has 2 nitrogen and oxygen atoms in total. The van der Waals surface area contributed by atoms with Crippen LogP contribution in [0.15, 0.2) is 48.5 Å². The first-order valence-electron chi connectivity index (χ1n) is 9.86. The normalized spacial score (nSPS) is 19.9. The Kier molecular flexibility index (Phi) is 4.19. The van der Waals surface area contributed by atoms with Crippen molar-refractivity contribution in [2.24, 2.45) is 7.05 Å². The van der Waals surface area contributed by atoms with Gasteiger partial charge in [0.1, 0.15) is 0 Å². The van der Waals surface area contributed by atoms with E-state index in [4.69, 9.17) is 0 Å². The van der Waals surface area contributed by atoms with Gasteiger partial charge in [-0.2, -0.15) is 0 Å². The zero-order valence-corrected chi connectivity index (χ0v) is 16.3. The van der Waals surface area contributed by atoms with E-state index in [0.717, 1.165) is 19.3 Å². The van der Waals surface area contributed by atoms with E-state index in [-0.39, 0.29) is 5.92 Å². The number of aliphatic hydroxyl groups is 1. The van der Waals surface area contributed by atoms with Crippen molar-refractivity contribution < 1.29 is 5.11 Å². The summed E-state index contributed by atoms with van der Waals surface area (Å²) in [6.45, 7) is 6.37. The molecule has 1 N–H and O–H groups in total. The molecule has 4 rings (SSSR count). The fourth-order valence-corrected chi connectivity index (χ4v) is 5.02. The Morgan fingerprint density at radius 3 is 2.35 bits per heavy atom. The van der Waals surface area contributed by atoms with E-state index in [1.54, 1.807) is 0 Å². The molecule has 2 unspecified atom stereocenters. The summed E-state index contributed by atoms with van der Waals surface area (Å²) in [6.07, 6.45) is 2.57. The Bertz CT molecular complexity index is 931. The Labute approximate surface area is 156 Å². The molecule has 0 spiro atoms. The molecule has 1 aliphatic carbocycles. The van der Waals surface area contributed by atoms with Crippen LogP contribution in [0.3, 0.4) is 0 Å². The van der Waals surface area contributed by atoms with Crippen LogP contribution in [0.4, 0.5) is 0 Å². The van der Waals surface area contributed by atoms with Crippen LogP contribution in [0.1, 0.15) is 67.3 Å². The minimum absolute atomic E-state index is 0.185. The second kappa shape index (κ2) is 6.28. The predicted molar refractivity (Wildman–Crippen MR) is 109 cm³/mol. The monoisotopic (exact) mass is 347 g/mol. The first-order chi connectivity index (χ1) is 12.5. The lowest BCUT2D eigenvalue weighted by Gasteiger charge is -2.33. The Balaban J connectivity index is 1.96. The highest BCUT2D eigenvalue weighted by atomic mass is 16.3. The molecular weight excluding hydrogens is 318 g/mol.